The molecule has 0 fully saturated rings. The molecular weight excluding hydrogens is 324 g/mol. The average molecular weight is 331 g/mol. The zero-order valence-corrected chi connectivity index (χ0v) is 11.1. The topological polar surface area (TPSA) is 48.7 Å². The molecule has 0 amide bonds. The number of aromatic nitrogens is 1. The van der Waals surface area contributed by atoms with Crippen LogP contribution in [-0.4, -0.2) is 4.98 Å². The van der Waals surface area contributed by atoms with E-state index >= 15 is 0 Å². The number of benzene rings is 1. The molecule has 1 aromatic heterocycles. The lowest BCUT2D eigenvalue weighted by Crippen LogP contribution is -2.10. The normalized spacial score (nSPS) is 11.9. The summed E-state index contributed by atoms with van der Waals surface area (Å²) in [6.07, 6.45) is -9.34. The summed E-state index contributed by atoms with van der Waals surface area (Å²) < 4.78 is 75.8. The minimum Gasteiger partial charge on any atom is -0.339 e. The van der Waals surface area contributed by atoms with Crippen LogP contribution in [0, 0.1) is 11.3 Å². The van der Waals surface area contributed by atoms with Crippen LogP contribution in [-0.2, 0) is 12.4 Å². The highest BCUT2D eigenvalue weighted by molar-refractivity contribution is 5.63. The minimum absolute atomic E-state index is 0.136. The molecule has 2 aromatic rings. The maximum absolute atomic E-state index is 12.6. The minimum atomic E-state index is -4.74. The van der Waals surface area contributed by atoms with Gasteiger partial charge in [0.25, 0.3) is 0 Å². The third kappa shape index (κ3) is 3.91. The molecule has 23 heavy (non-hydrogen) atoms. The quantitative estimate of drug-likeness (QED) is 0.809. The van der Waals surface area contributed by atoms with Crippen molar-refractivity contribution in [1.29, 1.82) is 5.26 Å². The third-order valence-electron chi connectivity index (χ3n) is 2.76. The van der Waals surface area contributed by atoms with Crippen molar-refractivity contribution in [3.8, 4) is 6.07 Å². The van der Waals surface area contributed by atoms with E-state index < -0.39 is 29.4 Å². The zero-order valence-electron chi connectivity index (χ0n) is 11.1. The van der Waals surface area contributed by atoms with E-state index in [2.05, 4.69) is 10.3 Å². The number of pyridine rings is 1. The zero-order chi connectivity index (χ0) is 17.3. The van der Waals surface area contributed by atoms with Crippen LogP contribution in [0.4, 0.5) is 37.8 Å². The lowest BCUT2D eigenvalue weighted by molar-refractivity contribution is -0.141. The fraction of sp³-hybridized carbons (Fsp3) is 0.143. The summed E-state index contributed by atoms with van der Waals surface area (Å²) in [5.74, 6) is -0.471. The maximum atomic E-state index is 12.6. The molecule has 0 bridgehead atoms. The summed E-state index contributed by atoms with van der Waals surface area (Å²) in [7, 11) is 0. The molecule has 3 nitrogen and oxygen atoms in total. The predicted molar refractivity (Wildman–Crippen MR) is 68.7 cm³/mol. The van der Waals surface area contributed by atoms with Gasteiger partial charge >= 0.3 is 12.4 Å². The summed E-state index contributed by atoms with van der Waals surface area (Å²) in [4.78, 5) is 3.26. The molecule has 0 aliphatic carbocycles. The lowest BCUT2D eigenvalue weighted by atomic mass is 10.2. The van der Waals surface area contributed by atoms with Gasteiger partial charge in [0, 0.05) is 5.69 Å². The monoisotopic (exact) mass is 331 g/mol. The Morgan fingerprint density at radius 3 is 2.22 bits per heavy atom. The molecule has 0 saturated heterocycles. The van der Waals surface area contributed by atoms with Gasteiger partial charge in [0.15, 0.2) is 0 Å². The van der Waals surface area contributed by atoms with Crippen molar-refractivity contribution >= 4 is 11.5 Å². The Morgan fingerprint density at radius 2 is 1.65 bits per heavy atom. The second kappa shape index (κ2) is 5.79. The van der Waals surface area contributed by atoms with Crippen molar-refractivity contribution in [2.45, 2.75) is 12.4 Å². The van der Waals surface area contributed by atoms with Crippen LogP contribution >= 0.6 is 0 Å². The molecule has 0 saturated carbocycles. The summed E-state index contributed by atoms with van der Waals surface area (Å²) in [5, 5.41) is 11.2. The van der Waals surface area contributed by atoms with Gasteiger partial charge in [-0.05, 0) is 30.3 Å². The van der Waals surface area contributed by atoms with Gasteiger partial charge in [-0.15, -0.1) is 0 Å². The van der Waals surface area contributed by atoms with Crippen LogP contribution < -0.4 is 5.32 Å². The summed E-state index contributed by atoms with van der Waals surface area (Å²) in [6.45, 7) is 0. The van der Waals surface area contributed by atoms with Crippen molar-refractivity contribution in [2.24, 2.45) is 0 Å². The van der Waals surface area contributed by atoms with Gasteiger partial charge in [0.1, 0.15) is 17.6 Å². The fourth-order valence-electron chi connectivity index (χ4n) is 1.71. The summed E-state index contributed by atoms with van der Waals surface area (Å²) in [6, 6.07) is 6.98. The molecule has 1 aromatic carbocycles. The Kier molecular flexibility index (Phi) is 4.18. The van der Waals surface area contributed by atoms with Crippen molar-refractivity contribution in [1.82, 2.24) is 4.98 Å². The van der Waals surface area contributed by atoms with E-state index in [1.165, 1.54) is 6.07 Å². The van der Waals surface area contributed by atoms with Crippen molar-refractivity contribution in [3.63, 3.8) is 0 Å². The van der Waals surface area contributed by atoms with Gasteiger partial charge in [-0.25, -0.2) is 4.98 Å². The van der Waals surface area contributed by atoms with Gasteiger partial charge in [-0.3, -0.25) is 0 Å². The SMILES string of the molecule is N#Cc1ccc(C(F)(F)F)nc1Nc1cccc(C(F)(F)F)c1. The van der Waals surface area contributed by atoms with E-state index in [1.807, 2.05) is 0 Å². The van der Waals surface area contributed by atoms with Crippen molar-refractivity contribution in [3.05, 3.63) is 53.2 Å². The van der Waals surface area contributed by atoms with Crippen molar-refractivity contribution < 1.29 is 26.3 Å². The van der Waals surface area contributed by atoms with Gasteiger partial charge in [-0.1, -0.05) is 6.07 Å². The molecule has 0 atom stereocenters. The van der Waals surface area contributed by atoms with Crippen LogP contribution in [0.25, 0.3) is 0 Å². The highest BCUT2D eigenvalue weighted by Crippen LogP contribution is 2.33. The van der Waals surface area contributed by atoms with Gasteiger partial charge in [-0.2, -0.15) is 31.6 Å². The molecule has 9 heteroatoms. The number of anilines is 2. The van der Waals surface area contributed by atoms with Crippen LogP contribution in [0.2, 0.25) is 0 Å². The van der Waals surface area contributed by atoms with E-state index in [1.54, 1.807) is 6.07 Å². The molecule has 1 heterocycles. The number of hydrogen-bond acceptors (Lipinski definition) is 3. The Morgan fingerprint density at radius 1 is 0.957 bits per heavy atom. The number of rotatable bonds is 2. The molecule has 0 unspecified atom stereocenters. The van der Waals surface area contributed by atoms with Crippen molar-refractivity contribution in [2.75, 3.05) is 5.32 Å². The Balaban J connectivity index is 2.42. The lowest BCUT2D eigenvalue weighted by Gasteiger charge is -2.13. The molecule has 120 valence electrons. The first kappa shape index (κ1) is 16.6. The number of hydrogen-bond donors (Lipinski definition) is 1. The van der Waals surface area contributed by atoms with E-state index in [9.17, 15) is 26.3 Å². The standard InChI is InChI=1S/C14H7F6N3/c15-13(16,17)9-2-1-3-10(6-9)22-12-8(7-21)4-5-11(23-12)14(18,19)20/h1-6H,(H,22,23). The predicted octanol–water partition coefficient (Wildman–Crippen LogP) is 4.73. The Bertz CT molecular complexity index is 758. The number of nitrogens with zero attached hydrogens (tertiary/aromatic N) is 2. The molecule has 1 N–H and O–H groups in total. The molecule has 0 aliphatic rings. The molecule has 0 aliphatic heterocycles. The second-order valence-electron chi connectivity index (χ2n) is 4.41. The molecule has 0 radical (unpaired) electrons. The van der Waals surface area contributed by atoms with E-state index in [-0.39, 0.29) is 11.3 Å². The van der Waals surface area contributed by atoms with Crippen LogP contribution in [0.1, 0.15) is 16.8 Å². The largest absolute Gasteiger partial charge is 0.433 e. The molecule has 0 spiro atoms. The van der Waals surface area contributed by atoms with Crippen LogP contribution in [0.3, 0.4) is 0 Å². The first-order chi connectivity index (χ1) is 10.6. The number of halogens is 6. The van der Waals surface area contributed by atoms with Gasteiger partial charge < -0.3 is 5.32 Å². The first-order valence-corrected chi connectivity index (χ1v) is 6.04. The number of nitrogens with one attached hydrogen (secondary N) is 1. The number of nitriles is 1. The fourth-order valence-corrected chi connectivity index (χ4v) is 1.71. The third-order valence-corrected chi connectivity index (χ3v) is 2.76. The Labute approximate surface area is 126 Å². The highest BCUT2D eigenvalue weighted by Gasteiger charge is 2.33. The van der Waals surface area contributed by atoms with Crippen LogP contribution in [0.15, 0.2) is 36.4 Å². The average Bonchev–Trinajstić information content (AvgIpc) is 2.45. The maximum Gasteiger partial charge on any atom is 0.433 e. The van der Waals surface area contributed by atoms with E-state index in [0.29, 0.717) is 12.1 Å². The first-order valence-electron chi connectivity index (χ1n) is 6.04. The van der Waals surface area contributed by atoms with E-state index in [0.717, 1.165) is 18.2 Å². The second-order valence-corrected chi connectivity index (χ2v) is 4.41. The molecule has 2 rings (SSSR count). The smallest absolute Gasteiger partial charge is 0.339 e. The number of alkyl halides is 6. The Hall–Kier alpha value is -2.76. The van der Waals surface area contributed by atoms with E-state index in [4.69, 9.17) is 5.26 Å². The summed E-state index contributed by atoms with van der Waals surface area (Å²) >= 11 is 0. The van der Waals surface area contributed by atoms with Gasteiger partial charge in [0.05, 0.1) is 11.1 Å². The molecular formula is C14H7F6N3. The van der Waals surface area contributed by atoms with Gasteiger partial charge in [0.2, 0.25) is 0 Å². The van der Waals surface area contributed by atoms with Crippen LogP contribution in [0.5, 0.6) is 0 Å². The summed E-state index contributed by atoms with van der Waals surface area (Å²) in [5.41, 5.74) is -2.60. The highest BCUT2D eigenvalue weighted by atomic mass is 19.4.